The molecule has 1 aromatic carbocycles. The second kappa shape index (κ2) is 3.36. The predicted molar refractivity (Wildman–Crippen MR) is 46.1 cm³/mol. The molecule has 1 rings (SSSR count). The number of benzene rings is 1. The summed E-state index contributed by atoms with van der Waals surface area (Å²) in [6, 6.07) is 4.39. The highest BCUT2D eigenvalue weighted by Gasteiger charge is 2.11. The molecule has 12 heavy (non-hydrogen) atoms. The van der Waals surface area contributed by atoms with Crippen LogP contribution in [0, 0.1) is 16.2 Å². The van der Waals surface area contributed by atoms with Gasteiger partial charge < -0.3 is 0 Å². The van der Waals surface area contributed by atoms with Crippen LogP contribution in [0.25, 0.3) is 0 Å². The fourth-order valence-corrected chi connectivity index (χ4v) is 0.949. The van der Waals surface area contributed by atoms with Crippen LogP contribution in [0.4, 0.5) is 5.69 Å². The summed E-state index contributed by atoms with van der Waals surface area (Å²) >= 11 is 5.56. The first-order valence-corrected chi connectivity index (χ1v) is 3.50. The lowest BCUT2D eigenvalue weighted by molar-refractivity contribution is -0.384. The third kappa shape index (κ3) is 1.62. The van der Waals surface area contributed by atoms with Crippen LogP contribution in [0.1, 0.15) is 5.56 Å². The lowest BCUT2D eigenvalue weighted by Gasteiger charge is -1.95. The van der Waals surface area contributed by atoms with Gasteiger partial charge in [0.25, 0.3) is 5.69 Å². The summed E-state index contributed by atoms with van der Waals surface area (Å²) in [4.78, 5) is 9.82. The summed E-state index contributed by atoms with van der Waals surface area (Å²) in [6.07, 6.45) is 2.54. The van der Waals surface area contributed by atoms with E-state index in [2.05, 4.69) is 12.7 Å². The van der Waals surface area contributed by atoms with Gasteiger partial charge in [-0.3, -0.25) is 10.1 Å². The van der Waals surface area contributed by atoms with Crippen molar-refractivity contribution in [1.29, 1.82) is 0 Å². The molecule has 0 heterocycles. The predicted octanol–water partition coefficient (Wildman–Crippen LogP) is 2.59. The van der Waals surface area contributed by atoms with E-state index in [1.807, 2.05) is 0 Å². The van der Waals surface area contributed by atoms with E-state index in [4.69, 9.17) is 11.6 Å². The molecular weight excluding hydrogens is 178 g/mol. The maximum atomic E-state index is 10.4. The zero-order valence-electron chi connectivity index (χ0n) is 6.08. The van der Waals surface area contributed by atoms with E-state index in [-0.39, 0.29) is 10.7 Å². The highest BCUT2D eigenvalue weighted by atomic mass is 35.5. The first-order valence-electron chi connectivity index (χ1n) is 3.12. The topological polar surface area (TPSA) is 43.1 Å². The van der Waals surface area contributed by atoms with Crippen LogP contribution < -0.4 is 0 Å². The number of hydrogen-bond acceptors (Lipinski definition) is 2. The van der Waals surface area contributed by atoms with E-state index in [0.29, 0.717) is 5.56 Å². The maximum absolute atomic E-state index is 10.4. The second-order valence-electron chi connectivity index (χ2n) is 2.10. The van der Waals surface area contributed by atoms with E-state index < -0.39 is 4.92 Å². The lowest BCUT2D eigenvalue weighted by atomic mass is 10.2. The zero-order valence-corrected chi connectivity index (χ0v) is 6.84. The van der Waals surface area contributed by atoms with Crippen LogP contribution in [0.2, 0.25) is 5.02 Å². The van der Waals surface area contributed by atoms with Gasteiger partial charge in [-0.05, 0) is 17.7 Å². The minimum absolute atomic E-state index is 0.120. The normalized spacial score (nSPS) is 9.42. The maximum Gasteiger partial charge on any atom is 0.288 e. The molecule has 0 atom stereocenters. The van der Waals surface area contributed by atoms with Crippen molar-refractivity contribution in [2.75, 3.05) is 0 Å². The minimum atomic E-state index is -0.539. The molecule has 3 nitrogen and oxygen atoms in total. The molecule has 0 saturated heterocycles. The average molecular weight is 183 g/mol. The molecule has 0 N–H and O–H groups in total. The molecule has 1 aromatic rings. The van der Waals surface area contributed by atoms with Crippen LogP contribution >= 0.6 is 11.6 Å². The Balaban J connectivity index is 3.25. The van der Waals surface area contributed by atoms with Crippen LogP contribution in [0.5, 0.6) is 0 Å². The fourth-order valence-electron chi connectivity index (χ4n) is 0.763. The van der Waals surface area contributed by atoms with E-state index in [1.54, 1.807) is 6.07 Å². The van der Waals surface area contributed by atoms with Crippen molar-refractivity contribution in [2.24, 2.45) is 0 Å². The Kier molecular flexibility index (Phi) is 2.45. The van der Waals surface area contributed by atoms with E-state index in [9.17, 15) is 10.1 Å². The number of halogens is 1. The summed E-state index contributed by atoms with van der Waals surface area (Å²) in [5, 5.41) is 10.5. The number of nitro benzene ring substituents is 1. The Morgan fingerprint density at radius 2 is 2.25 bits per heavy atom. The van der Waals surface area contributed by atoms with Gasteiger partial charge >= 0.3 is 0 Å². The van der Waals surface area contributed by atoms with Gasteiger partial charge in [-0.1, -0.05) is 24.2 Å². The van der Waals surface area contributed by atoms with Crippen molar-refractivity contribution in [3.05, 3.63) is 51.6 Å². The van der Waals surface area contributed by atoms with Gasteiger partial charge in [-0.25, -0.2) is 0 Å². The molecule has 0 bridgehead atoms. The Bertz CT molecular complexity index is 336. The number of rotatable bonds is 2. The lowest BCUT2D eigenvalue weighted by Crippen LogP contribution is -1.89. The molecular formula is C8H5ClNO2. The van der Waals surface area contributed by atoms with Crippen LogP contribution in [0.15, 0.2) is 24.8 Å². The largest absolute Gasteiger partial charge is 0.288 e. The van der Waals surface area contributed by atoms with Gasteiger partial charge in [0.1, 0.15) is 5.02 Å². The van der Waals surface area contributed by atoms with E-state index in [0.717, 1.165) is 0 Å². The third-order valence-corrected chi connectivity index (χ3v) is 1.67. The first-order chi connectivity index (χ1) is 5.65. The van der Waals surface area contributed by atoms with Crippen LogP contribution in [-0.2, 0) is 0 Å². The summed E-state index contributed by atoms with van der Waals surface area (Å²) in [6.45, 7) is 3.37. The van der Waals surface area contributed by atoms with Crippen molar-refractivity contribution in [1.82, 2.24) is 0 Å². The van der Waals surface area contributed by atoms with Crippen LogP contribution in [0.3, 0.4) is 0 Å². The number of nitrogens with zero attached hydrogens (tertiary/aromatic N) is 1. The molecule has 61 valence electrons. The fraction of sp³-hybridized carbons (Fsp3) is 0. The van der Waals surface area contributed by atoms with Crippen LogP contribution in [-0.4, -0.2) is 4.92 Å². The Hall–Kier alpha value is -1.35. The molecule has 0 aromatic heterocycles. The van der Waals surface area contributed by atoms with Crippen molar-refractivity contribution in [2.45, 2.75) is 0 Å². The summed E-state index contributed by atoms with van der Waals surface area (Å²) < 4.78 is 0. The van der Waals surface area contributed by atoms with Crippen molar-refractivity contribution >= 4 is 17.3 Å². The highest BCUT2D eigenvalue weighted by molar-refractivity contribution is 6.32. The third-order valence-electron chi connectivity index (χ3n) is 1.35. The number of hydrogen-bond donors (Lipinski definition) is 0. The Labute approximate surface area is 74.4 Å². The van der Waals surface area contributed by atoms with Gasteiger partial charge in [0, 0.05) is 6.07 Å². The van der Waals surface area contributed by atoms with Crippen molar-refractivity contribution in [3.63, 3.8) is 0 Å². The van der Waals surface area contributed by atoms with Gasteiger partial charge in [0.05, 0.1) is 4.92 Å². The quantitative estimate of drug-likeness (QED) is 0.521. The van der Waals surface area contributed by atoms with Gasteiger partial charge in [0.2, 0.25) is 0 Å². The zero-order chi connectivity index (χ0) is 9.14. The van der Waals surface area contributed by atoms with E-state index >= 15 is 0 Å². The minimum Gasteiger partial charge on any atom is -0.258 e. The van der Waals surface area contributed by atoms with Gasteiger partial charge in [-0.15, -0.1) is 0 Å². The standard InChI is InChI=1S/C8H5ClNO2/c1-2-6-3-4-7(9)8(5-6)10(11)12/h3-5H,1H2. The number of nitro groups is 1. The van der Waals surface area contributed by atoms with Gasteiger partial charge in [0.15, 0.2) is 0 Å². The summed E-state index contributed by atoms with van der Waals surface area (Å²) in [7, 11) is 0. The molecule has 0 aliphatic carbocycles. The molecule has 1 radical (unpaired) electrons. The Morgan fingerprint density at radius 1 is 1.58 bits per heavy atom. The molecule has 0 saturated carbocycles. The summed E-state index contributed by atoms with van der Waals surface area (Å²) in [5.74, 6) is 0. The average Bonchev–Trinajstić information content (AvgIpc) is 2.05. The molecule has 0 fully saturated rings. The van der Waals surface area contributed by atoms with Crippen molar-refractivity contribution in [3.8, 4) is 0 Å². The molecule has 0 aliphatic heterocycles. The van der Waals surface area contributed by atoms with E-state index in [1.165, 1.54) is 12.1 Å². The molecule has 0 aliphatic rings. The molecule has 0 spiro atoms. The van der Waals surface area contributed by atoms with Crippen molar-refractivity contribution < 1.29 is 4.92 Å². The molecule has 0 amide bonds. The first kappa shape index (κ1) is 8.74. The second-order valence-corrected chi connectivity index (χ2v) is 2.51. The highest BCUT2D eigenvalue weighted by Crippen LogP contribution is 2.24. The molecule has 4 heteroatoms. The van der Waals surface area contributed by atoms with Gasteiger partial charge in [-0.2, -0.15) is 0 Å². The Morgan fingerprint density at radius 3 is 2.75 bits per heavy atom. The smallest absolute Gasteiger partial charge is 0.258 e. The monoisotopic (exact) mass is 182 g/mol. The SMILES string of the molecule is C=[C]c1ccc(Cl)c([N+](=O)[O-])c1. The summed E-state index contributed by atoms with van der Waals surface area (Å²) in [5.41, 5.74) is 0.441. The molecule has 0 unspecified atom stereocenters.